The molecule has 1 heterocycles. The third kappa shape index (κ3) is 5.62. The zero-order valence-electron chi connectivity index (χ0n) is 5.70. The van der Waals surface area contributed by atoms with Gasteiger partial charge in [0.05, 0.1) is 16.2 Å². The van der Waals surface area contributed by atoms with Gasteiger partial charge in [-0.15, -0.1) is 5.10 Å². The number of aromatic nitrogens is 2. The average Bonchev–Trinajstić information content (AvgIpc) is 2.12. The summed E-state index contributed by atoms with van der Waals surface area (Å²) in [5.41, 5.74) is 0. The molecule has 0 radical (unpaired) electrons. The summed E-state index contributed by atoms with van der Waals surface area (Å²) in [6.07, 6.45) is 1.36. The van der Waals surface area contributed by atoms with Crippen LogP contribution in [0.5, 0.6) is 0 Å². The van der Waals surface area contributed by atoms with E-state index in [9.17, 15) is 4.79 Å². The normalized spacial score (nSPS) is 6.55. The van der Waals surface area contributed by atoms with Crippen LogP contribution in [0.25, 0.3) is 0 Å². The quantitative estimate of drug-likeness (QED) is 0.340. The molecule has 0 spiro atoms. The van der Waals surface area contributed by atoms with E-state index in [0.717, 1.165) is 11.5 Å². The standard InChI is InChI=1S/C3H2N2OS2.Na.2H2O/c6-3(7)2-1-4-5-8-2;;;/h1H,(H,6,7);;2*1H2/q;+1;;/p-1. The van der Waals surface area contributed by atoms with E-state index >= 15 is 0 Å². The number of hydrogen-bond donors (Lipinski definition) is 0. The molecule has 0 amide bonds. The van der Waals surface area contributed by atoms with E-state index in [1.165, 1.54) is 6.20 Å². The van der Waals surface area contributed by atoms with Gasteiger partial charge in [0, 0.05) is 0 Å². The molecule has 0 fully saturated rings. The third-order valence-corrected chi connectivity index (χ3v) is 1.58. The Balaban J connectivity index is -0.000000213. The van der Waals surface area contributed by atoms with E-state index in [0.29, 0.717) is 4.88 Å². The van der Waals surface area contributed by atoms with E-state index in [1.54, 1.807) is 0 Å². The van der Waals surface area contributed by atoms with Gasteiger partial charge in [0.15, 0.2) is 0 Å². The number of carbonyl (C=O) groups is 1. The second-order valence-electron chi connectivity index (χ2n) is 1.07. The van der Waals surface area contributed by atoms with Gasteiger partial charge >= 0.3 is 29.6 Å². The van der Waals surface area contributed by atoms with Crippen molar-refractivity contribution in [3.63, 3.8) is 0 Å². The average molecular weight is 204 g/mol. The van der Waals surface area contributed by atoms with Gasteiger partial charge < -0.3 is 28.4 Å². The van der Waals surface area contributed by atoms with Gasteiger partial charge in [-0.25, -0.2) is 0 Å². The van der Waals surface area contributed by atoms with Crippen molar-refractivity contribution in [2.24, 2.45) is 0 Å². The van der Waals surface area contributed by atoms with Crippen molar-refractivity contribution in [1.29, 1.82) is 0 Å². The van der Waals surface area contributed by atoms with E-state index in [-0.39, 0.29) is 45.6 Å². The SMILES string of the molecule is O.O.O=C([S-])c1cnns1.[Na+]. The van der Waals surface area contributed by atoms with Crippen molar-refractivity contribution in [3.05, 3.63) is 11.1 Å². The summed E-state index contributed by atoms with van der Waals surface area (Å²) in [5.74, 6) is 0. The number of rotatable bonds is 1. The molecule has 1 aromatic heterocycles. The summed E-state index contributed by atoms with van der Waals surface area (Å²) in [5, 5.41) is 3.04. The molecule has 0 saturated heterocycles. The number of nitrogens with zero attached hydrogens (tertiary/aromatic N) is 2. The molecule has 58 valence electrons. The Morgan fingerprint density at radius 2 is 2.09 bits per heavy atom. The minimum absolute atomic E-state index is 0. The van der Waals surface area contributed by atoms with Crippen molar-refractivity contribution >= 4 is 29.3 Å². The fourth-order valence-electron chi connectivity index (χ4n) is 0.257. The van der Waals surface area contributed by atoms with E-state index in [1.807, 2.05) is 0 Å². The second kappa shape index (κ2) is 8.47. The Hall–Kier alpha value is 0.370. The van der Waals surface area contributed by atoms with Crippen LogP contribution in [0.15, 0.2) is 6.20 Å². The van der Waals surface area contributed by atoms with Gasteiger partial charge in [0.25, 0.3) is 0 Å². The smallest absolute Gasteiger partial charge is 0.736 e. The Bertz CT molecular complexity index is 192. The molecular formula is C3H5N2NaO3S2. The van der Waals surface area contributed by atoms with Gasteiger partial charge in [0.2, 0.25) is 0 Å². The maximum atomic E-state index is 10.3. The topological polar surface area (TPSA) is 106 Å². The molecule has 0 aromatic carbocycles. The molecule has 0 atom stereocenters. The van der Waals surface area contributed by atoms with Crippen LogP contribution in [0.4, 0.5) is 0 Å². The van der Waals surface area contributed by atoms with Crippen LogP contribution in [0.1, 0.15) is 9.67 Å². The first kappa shape index (κ1) is 17.5. The summed E-state index contributed by atoms with van der Waals surface area (Å²) in [4.78, 5) is 10.7. The molecule has 11 heavy (non-hydrogen) atoms. The summed E-state index contributed by atoms with van der Waals surface area (Å²) >= 11 is 5.31. The largest absolute Gasteiger partial charge is 1.00 e. The Kier molecular flexibility index (Phi) is 13.4. The van der Waals surface area contributed by atoms with Gasteiger partial charge in [-0.1, -0.05) is 4.49 Å². The monoisotopic (exact) mass is 204 g/mol. The van der Waals surface area contributed by atoms with Crippen LogP contribution in [-0.4, -0.2) is 25.7 Å². The van der Waals surface area contributed by atoms with Crippen LogP contribution >= 0.6 is 11.5 Å². The first-order valence-electron chi connectivity index (χ1n) is 1.79. The zero-order valence-corrected chi connectivity index (χ0v) is 9.33. The summed E-state index contributed by atoms with van der Waals surface area (Å²) in [6, 6.07) is 0. The van der Waals surface area contributed by atoms with Crippen LogP contribution < -0.4 is 29.6 Å². The minimum Gasteiger partial charge on any atom is -0.736 e. The van der Waals surface area contributed by atoms with E-state index < -0.39 is 0 Å². The molecule has 0 bridgehead atoms. The molecule has 0 aliphatic heterocycles. The molecule has 5 nitrogen and oxygen atoms in total. The van der Waals surface area contributed by atoms with Crippen molar-refractivity contribution in [2.75, 3.05) is 0 Å². The summed E-state index contributed by atoms with van der Waals surface area (Å²) in [6.45, 7) is 0. The first-order valence-corrected chi connectivity index (χ1v) is 2.97. The molecule has 0 aliphatic rings. The van der Waals surface area contributed by atoms with Crippen LogP contribution in [0.3, 0.4) is 0 Å². The van der Waals surface area contributed by atoms with E-state index in [4.69, 9.17) is 0 Å². The van der Waals surface area contributed by atoms with E-state index in [2.05, 4.69) is 22.2 Å². The van der Waals surface area contributed by atoms with Gasteiger partial charge in [0.1, 0.15) is 0 Å². The first-order chi connectivity index (χ1) is 3.80. The van der Waals surface area contributed by atoms with Crippen molar-refractivity contribution in [3.8, 4) is 0 Å². The maximum Gasteiger partial charge on any atom is 1.00 e. The molecule has 0 aliphatic carbocycles. The summed E-state index contributed by atoms with van der Waals surface area (Å²) in [7, 11) is 0. The van der Waals surface area contributed by atoms with Crippen LogP contribution in [0, 0.1) is 0 Å². The molecule has 1 aromatic rings. The van der Waals surface area contributed by atoms with Crippen molar-refractivity contribution < 1.29 is 45.3 Å². The maximum absolute atomic E-state index is 10.3. The Labute approximate surface area is 94.7 Å². The van der Waals surface area contributed by atoms with Crippen molar-refractivity contribution in [2.45, 2.75) is 0 Å². The Morgan fingerprint density at radius 3 is 2.27 bits per heavy atom. The number of carbonyl (C=O) groups excluding carboxylic acids is 1. The molecular weight excluding hydrogens is 199 g/mol. The molecule has 0 unspecified atom stereocenters. The van der Waals surface area contributed by atoms with Gasteiger partial charge in [-0.2, -0.15) is 0 Å². The summed E-state index contributed by atoms with van der Waals surface area (Å²) < 4.78 is 3.45. The fourth-order valence-corrected chi connectivity index (χ4v) is 0.773. The van der Waals surface area contributed by atoms with Crippen LogP contribution in [0.2, 0.25) is 0 Å². The van der Waals surface area contributed by atoms with Crippen LogP contribution in [-0.2, 0) is 12.6 Å². The number of hydrogen-bond acceptors (Lipinski definition) is 5. The molecule has 8 heteroatoms. The predicted octanol–water partition coefficient (Wildman–Crippen LogP) is -4.42. The minimum atomic E-state index is -0.389. The van der Waals surface area contributed by atoms with Gasteiger partial charge in [-0.05, 0) is 11.5 Å². The zero-order chi connectivity index (χ0) is 5.98. The van der Waals surface area contributed by atoms with Crippen molar-refractivity contribution in [1.82, 2.24) is 9.59 Å². The molecule has 1 rings (SSSR count). The Morgan fingerprint density at radius 1 is 1.55 bits per heavy atom. The third-order valence-electron chi connectivity index (χ3n) is 0.562. The van der Waals surface area contributed by atoms with Gasteiger partial charge in [-0.3, -0.25) is 0 Å². The molecule has 0 saturated carbocycles. The second-order valence-corrected chi connectivity index (χ2v) is 2.23. The predicted molar refractivity (Wildman–Crippen MR) is 38.8 cm³/mol. The molecule has 4 N–H and O–H groups in total. The fraction of sp³-hybridized carbons (Fsp3) is 0.